The number of nitrogens with zero attached hydrogens (tertiary/aromatic N) is 2. The second-order valence-corrected chi connectivity index (χ2v) is 13.5. The number of methoxy groups -OCH3 is 1. The van der Waals surface area contributed by atoms with Gasteiger partial charge in [0.05, 0.1) is 18.4 Å². The maximum atomic E-state index is 13.6. The Morgan fingerprint density at radius 2 is 1.76 bits per heavy atom. The zero-order valence-corrected chi connectivity index (χ0v) is 24.9. The van der Waals surface area contributed by atoms with Crippen LogP contribution in [0.2, 0.25) is 0 Å². The maximum Gasteiger partial charge on any atom is 0.242 e. The van der Waals surface area contributed by atoms with E-state index in [1.807, 2.05) is 30.3 Å². The van der Waals surface area contributed by atoms with E-state index in [0.717, 1.165) is 57.3 Å². The smallest absolute Gasteiger partial charge is 0.242 e. The van der Waals surface area contributed by atoms with Crippen molar-refractivity contribution in [3.8, 4) is 5.75 Å². The van der Waals surface area contributed by atoms with Crippen molar-refractivity contribution in [3.63, 3.8) is 0 Å². The molecule has 1 atom stereocenters. The number of benzene rings is 3. The van der Waals surface area contributed by atoms with Gasteiger partial charge in [-0.1, -0.05) is 60.7 Å². The molecular weight excluding hydrogens is 534 g/mol. The lowest BCUT2D eigenvalue weighted by Gasteiger charge is -2.38. The highest BCUT2D eigenvalue weighted by atomic mass is 32.2. The van der Waals surface area contributed by atoms with Crippen molar-refractivity contribution in [1.82, 2.24) is 14.5 Å². The number of rotatable bonds is 11. The van der Waals surface area contributed by atoms with Crippen molar-refractivity contribution >= 4 is 15.9 Å². The second-order valence-electron chi connectivity index (χ2n) is 11.5. The summed E-state index contributed by atoms with van der Waals surface area (Å²) in [6.45, 7) is 3.17. The monoisotopic (exact) mass is 575 g/mol. The number of amides is 1. The number of hydrogen-bond donors (Lipinski definition) is 1. The van der Waals surface area contributed by atoms with Crippen LogP contribution in [0.1, 0.15) is 42.4 Å². The normalized spacial score (nSPS) is 19.7. The maximum absolute atomic E-state index is 13.6. The highest BCUT2D eigenvalue weighted by molar-refractivity contribution is 7.89. The van der Waals surface area contributed by atoms with Crippen molar-refractivity contribution < 1.29 is 17.9 Å². The molecule has 2 aliphatic rings. The molecule has 1 saturated heterocycles. The van der Waals surface area contributed by atoms with Crippen LogP contribution in [-0.4, -0.2) is 69.9 Å². The largest absolute Gasteiger partial charge is 0.497 e. The highest BCUT2D eigenvalue weighted by Crippen LogP contribution is 2.43. The number of fused-ring (bicyclic) bond motifs is 1. The number of carbonyl (C=O) groups excluding carboxylic acids is 1. The Morgan fingerprint density at radius 1 is 1.02 bits per heavy atom. The van der Waals surface area contributed by atoms with Gasteiger partial charge >= 0.3 is 0 Å². The van der Waals surface area contributed by atoms with Gasteiger partial charge in [0.15, 0.2) is 0 Å². The Morgan fingerprint density at radius 3 is 2.51 bits per heavy atom. The molecule has 3 aromatic rings. The molecule has 41 heavy (non-hydrogen) atoms. The first-order valence-corrected chi connectivity index (χ1v) is 16.0. The van der Waals surface area contributed by atoms with E-state index in [0.29, 0.717) is 18.7 Å². The van der Waals surface area contributed by atoms with Crippen LogP contribution in [0, 0.1) is 0 Å². The van der Waals surface area contributed by atoms with Crippen LogP contribution in [0.5, 0.6) is 5.75 Å². The van der Waals surface area contributed by atoms with Crippen molar-refractivity contribution in [3.05, 3.63) is 95.6 Å². The van der Waals surface area contributed by atoms with Gasteiger partial charge in [-0.3, -0.25) is 4.79 Å². The third-order valence-corrected chi connectivity index (χ3v) is 10.6. The van der Waals surface area contributed by atoms with Crippen molar-refractivity contribution in [2.45, 2.75) is 54.9 Å². The number of likely N-dealkylation sites (tertiary alicyclic amines) is 1. The number of sulfonamides is 1. The minimum atomic E-state index is -3.68. The van der Waals surface area contributed by atoms with Gasteiger partial charge in [-0.15, -0.1) is 0 Å². The summed E-state index contributed by atoms with van der Waals surface area (Å²) in [5, 5.41) is 3.22. The Bertz CT molecular complexity index is 1440. The van der Waals surface area contributed by atoms with Crippen molar-refractivity contribution in [2.75, 3.05) is 40.3 Å². The standard InChI is InChI=1S/C33H41N3O4S/c1-35(41(38,39)30-13-8-12-29(24-30)40-2)25-33(18-15-27-11-6-7-14-31(27)33)19-22-36-20-16-28(17-21-36)34-32(37)23-26-9-4-3-5-10-26/h3-14,24,28H,15-23,25H2,1-2H3,(H,34,37). The van der Waals surface area contributed by atoms with Crippen LogP contribution in [0.15, 0.2) is 83.8 Å². The fraction of sp³-hybridized carbons (Fsp3) is 0.424. The van der Waals surface area contributed by atoms with Crippen LogP contribution in [0.3, 0.4) is 0 Å². The van der Waals surface area contributed by atoms with Crippen LogP contribution in [0.4, 0.5) is 0 Å². The van der Waals surface area contributed by atoms with E-state index in [4.69, 9.17) is 4.74 Å². The van der Waals surface area contributed by atoms with E-state index in [1.54, 1.807) is 38.4 Å². The number of aryl methyl sites for hydroxylation is 1. The molecule has 1 aliphatic carbocycles. The Balaban J connectivity index is 1.22. The molecule has 0 radical (unpaired) electrons. The van der Waals surface area contributed by atoms with Gasteiger partial charge in [-0.25, -0.2) is 12.7 Å². The first-order valence-electron chi connectivity index (χ1n) is 14.5. The summed E-state index contributed by atoms with van der Waals surface area (Å²) in [6, 6.07) is 25.2. The zero-order valence-electron chi connectivity index (χ0n) is 24.1. The van der Waals surface area contributed by atoms with E-state index in [2.05, 4.69) is 34.5 Å². The Hall–Kier alpha value is -3.20. The molecule has 1 unspecified atom stereocenters. The van der Waals surface area contributed by atoms with Crippen molar-refractivity contribution in [2.24, 2.45) is 0 Å². The van der Waals surface area contributed by atoms with Gasteiger partial charge in [0.25, 0.3) is 0 Å². The number of piperidine rings is 1. The Labute approximate surface area is 244 Å². The van der Waals surface area contributed by atoms with Gasteiger partial charge in [0.1, 0.15) is 5.75 Å². The van der Waals surface area contributed by atoms with Crippen LogP contribution in [0.25, 0.3) is 0 Å². The van der Waals surface area contributed by atoms with E-state index in [-0.39, 0.29) is 22.3 Å². The molecule has 1 heterocycles. The first kappa shape index (κ1) is 29.3. The summed E-state index contributed by atoms with van der Waals surface area (Å²) in [6.07, 6.45) is 5.03. The number of carbonyl (C=O) groups is 1. The SMILES string of the molecule is COc1cccc(S(=O)(=O)N(C)CC2(CCN3CCC(NC(=O)Cc4ccccc4)CC3)CCc3ccccc32)c1. The van der Waals surface area contributed by atoms with Crippen LogP contribution in [-0.2, 0) is 33.1 Å². The molecule has 218 valence electrons. The third-order valence-electron chi connectivity index (χ3n) is 8.80. The molecule has 0 saturated carbocycles. The van der Waals surface area contributed by atoms with E-state index >= 15 is 0 Å². The highest BCUT2D eigenvalue weighted by Gasteiger charge is 2.41. The summed E-state index contributed by atoms with van der Waals surface area (Å²) in [7, 11) is -0.446. The molecule has 0 aromatic heterocycles. The van der Waals surface area contributed by atoms with Gasteiger partial charge in [-0.05, 0) is 67.5 Å². The lowest BCUT2D eigenvalue weighted by Crippen LogP contribution is -2.47. The minimum absolute atomic E-state index is 0.0800. The van der Waals surface area contributed by atoms with E-state index in [1.165, 1.54) is 15.4 Å². The molecular formula is C33H41N3O4S. The molecule has 8 heteroatoms. The topological polar surface area (TPSA) is 79.0 Å². The summed E-state index contributed by atoms with van der Waals surface area (Å²) in [5.41, 5.74) is 3.37. The summed E-state index contributed by atoms with van der Waals surface area (Å²) in [5.74, 6) is 0.608. The molecule has 1 aliphatic heterocycles. The molecule has 1 N–H and O–H groups in total. The number of ether oxygens (including phenoxy) is 1. The summed E-state index contributed by atoms with van der Waals surface area (Å²) >= 11 is 0. The fourth-order valence-corrected chi connectivity index (χ4v) is 7.75. The van der Waals surface area contributed by atoms with E-state index < -0.39 is 10.0 Å². The molecule has 0 spiro atoms. The van der Waals surface area contributed by atoms with Gasteiger partial charge in [0, 0.05) is 44.2 Å². The quantitative estimate of drug-likeness (QED) is 0.367. The fourth-order valence-electron chi connectivity index (χ4n) is 6.45. The molecule has 0 bridgehead atoms. The molecule has 5 rings (SSSR count). The lowest BCUT2D eigenvalue weighted by atomic mass is 9.78. The number of nitrogens with one attached hydrogen (secondary N) is 1. The number of hydrogen-bond acceptors (Lipinski definition) is 5. The van der Waals surface area contributed by atoms with Crippen molar-refractivity contribution in [1.29, 1.82) is 0 Å². The molecule has 1 fully saturated rings. The summed E-state index contributed by atoms with van der Waals surface area (Å²) < 4.78 is 34.0. The van der Waals surface area contributed by atoms with Gasteiger partial charge < -0.3 is 15.0 Å². The number of likely N-dealkylation sites (N-methyl/N-ethyl adjacent to an activating group) is 1. The Kier molecular flexibility index (Phi) is 9.12. The summed E-state index contributed by atoms with van der Waals surface area (Å²) in [4.78, 5) is 15.3. The molecule has 1 amide bonds. The minimum Gasteiger partial charge on any atom is -0.497 e. The molecule has 3 aromatic carbocycles. The average molecular weight is 576 g/mol. The first-order chi connectivity index (χ1) is 19.8. The lowest BCUT2D eigenvalue weighted by molar-refractivity contribution is -0.121. The van der Waals surface area contributed by atoms with Crippen LogP contribution < -0.4 is 10.1 Å². The predicted molar refractivity (Wildman–Crippen MR) is 162 cm³/mol. The molecule has 7 nitrogen and oxygen atoms in total. The van der Waals surface area contributed by atoms with Gasteiger partial charge in [0.2, 0.25) is 15.9 Å². The second kappa shape index (κ2) is 12.8. The third kappa shape index (κ3) is 6.83. The van der Waals surface area contributed by atoms with E-state index in [9.17, 15) is 13.2 Å². The van der Waals surface area contributed by atoms with Crippen LogP contribution >= 0.6 is 0 Å². The average Bonchev–Trinajstić information content (AvgIpc) is 3.35. The zero-order chi connectivity index (χ0) is 28.9. The van der Waals surface area contributed by atoms with Gasteiger partial charge in [-0.2, -0.15) is 0 Å². The predicted octanol–water partition coefficient (Wildman–Crippen LogP) is 4.41.